The van der Waals surface area contributed by atoms with E-state index < -0.39 is 0 Å². The Hall–Kier alpha value is -3.54. The Morgan fingerprint density at radius 3 is 2.46 bits per heavy atom. The van der Waals surface area contributed by atoms with Gasteiger partial charge in [0, 0.05) is 19.7 Å². The Bertz CT molecular complexity index is 928. The van der Waals surface area contributed by atoms with Gasteiger partial charge in [-0.15, -0.1) is 0 Å². The number of hydrogen-bond donors (Lipinski definition) is 1. The van der Waals surface area contributed by atoms with E-state index in [0.29, 0.717) is 23.7 Å². The first-order valence-corrected chi connectivity index (χ1v) is 8.85. The van der Waals surface area contributed by atoms with Crippen LogP contribution in [0.5, 0.6) is 11.5 Å². The molecule has 6 heteroatoms. The predicted octanol–water partition coefficient (Wildman–Crippen LogP) is 4.11. The lowest BCUT2D eigenvalue weighted by Crippen LogP contribution is -2.26. The number of hydrogen-bond acceptors (Lipinski definition) is 5. The van der Waals surface area contributed by atoms with Crippen LogP contribution < -0.4 is 14.8 Å². The van der Waals surface area contributed by atoms with E-state index in [4.69, 9.17) is 9.47 Å². The lowest BCUT2D eigenvalue weighted by atomic mass is 10.2. The molecule has 1 heterocycles. The number of ether oxygens (including phenoxy) is 2. The van der Waals surface area contributed by atoms with Gasteiger partial charge >= 0.3 is 0 Å². The fourth-order valence-electron chi connectivity index (χ4n) is 2.79. The number of nitrogens with one attached hydrogen (secondary N) is 1. The SMILES string of the molecule is COc1ccc(OC)c(Nc2ccc(C(=O)N(C)Cc3ccccc3)nc2)c1. The fraction of sp³-hybridized carbons (Fsp3) is 0.182. The van der Waals surface area contributed by atoms with Crippen molar-refractivity contribution < 1.29 is 14.3 Å². The zero-order valence-electron chi connectivity index (χ0n) is 16.2. The van der Waals surface area contributed by atoms with Gasteiger partial charge in [0.05, 0.1) is 31.8 Å². The standard InChI is InChI=1S/C22H23N3O3/c1-25(15-16-7-5-4-6-8-16)22(26)19-11-9-17(14-23-19)24-20-13-18(27-2)10-12-21(20)28-3/h4-14,24H,15H2,1-3H3. The van der Waals surface area contributed by atoms with Crippen molar-refractivity contribution in [2.24, 2.45) is 0 Å². The second kappa shape index (κ2) is 8.90. The molecule has 0 atom stereocenters. The van der Waals surface area contributed by atoms with Gasteiger partial charge in [0.1, 0.15) is 17.2 Å². The molecule has 1 N–H and O–H groups in total. The van der Waals surface area contributed by atoms with Gasteiger partial charge in [0.2, 0.25) is 0 Å². The topological polar surface area (TPSA) is 63.7 Å². The maximum atomic E-state index is 12.6. The third-order valence-electron chi connectivity index (χ3n) is 4.28. The molecule has 0 aliphatic carbocycles. The molecule has 6 nitrogen and oxygen atoms in total. The monoisotopic (exact) mass is 377 g/mol. The molecule has 0 bridgehead atoms. The largest absolute Gasteiger partial charge is 0.497 e. The van der Waals surface area contributed by atoms with E-state index in [2.05, 4.69) is 10.3 Å². The summed E-state index contributed by atoms with van der Waals surface area (Å²) in [4.78, 5) is 18.6. The van der Waals surface area contributed by atoms with E-state index in [9.17, 15) is 4.79 Å². The summed E-state index contributed by atoms with van der Waals surface area (Å²) < 4.78 is 10.6. The molecule has 0 unspecified atom stereocenters. The molecular formula is C22H23N3O3. The number of carbonyl (C=O) groups excluding carboxylic acids is 1. The summed E-state index contributed by atoms with van der Waals surface area (Å²) in [5, 5.41) is 3.24. The van der Waals surface area contributed by atoms with Crippen molar-refractivity contribution in [3.05, 3.63) is 78.1 Å². The third-order valence-corrected chi connectivity index (χ3v) is 4.28. The highest BCUT2D eigenvalue weighted by Gasteiger charge is 2.14. The number of methoxy groups -OCH3 is 2. The van der Waals surface area contributed by atoms with E-state index in [0.717, 1.165) is 16.9 Å². The van der Waals surface area contributed by atoms with Crippen LogP contribution in [0.25, 0.3) is 0 Å². The molecule has 3 rings (SSSR count). The van der Waals surface area contributed by atoms with Crippen molar-refractivity contribution in [1.82, 2.24) is 9.88 Å². The molecule has 0 aliphatic heterocycles. The van der Waals surface area contributed by atoms with E-state index in [1.807, 2.05) is 54.6 Å². The fourth-order valence-corrected chi connectivity index (χ4v) is 2.79. The highest BCUT2D eigenvalue weighted by Crippen LogP contribution is 2.31. The smallest absolute Gasteiger partial charge is 0.272 e. The van der Waals surface area contributed by atoms with Crippen LogP contribution in [-0.2, 0) is 6.54 Å². The summed E-state index contributed by atoms with van der Waals surface area (Å²) >= 11 is 0. The minimum absolute atomic E-state index is 0.130. The van der Waals surface area contributed by atoms with E-state index in [1.54, 1.807) is 38.4 Å². The molecule has 0 saturated heterocycles. The lowest BCUT2D eigenvalue weighted by molar-refractivity contribution is 0.0779. The van der Waals surface area contributed by atoms with Crippen LogP contribution >= 0.6 is 0 Å². The minimum atomic E-state index is -0.130. The van der Waals surface area contributed by atoms with Gasteiger partial charge in [-0.1, -0.05) is 30.3 Å². The zero-order chi connectivity index (χ0) is 19.9. The highest BCUT2D eigenvalue weighted by molar-refractivity contribution is 5.92. The minimum Gasteiger partial charge on any atom is -0.497 e. The van der Waals surface area contributed by atoms with Crippen molar-refractivity contribution >= 4 is 17.3 Å². The second-order valence-corrected chi connectivity index (χ2v) is 6.27. The summed E-state index contributed by atoms with van der Waals surface area (Å²) in [6.07, 6.45) is 1.63. The second-order valence-electron chi connectivity index (χ2n) is 6.27. The van der Waals surface area contributed by atoms with Crippen molar-refractivity contribution in [1.29, 1.82) is 0 Å². The van der Waals surface area contributed by atoms with Crippen molar-refractivity contribution in [3.63, 3.8) is 0 Å². The average Bonchev–Trinajstić information content (AvgIpc) is 2.74. The molecule has 0 radical (unpaired) electrons. The number of benzene rings is 2. The molecule has 0 aliphatic rings. The Morgan fingerprint density at radius 1 is 1.04 bits per heavy atom. The van der Waals surface area contributed by atoms with E-state index in [1.165, 1.54) is 0 Å². The molecule has 0 fully saturated rings. The molecule has 0 saturated carbocycles. The van der Waals surface area contributed by atoms with Gasteiger partial charge in [-0.25, -0.2) is 4.98 Å². The number of carbonyl (C=O) groups is 1. The molecule has 3 aromatic rings. The quantitative estimate of drug-likeness (QED) is 0.671. The van der Waals surface area contributed by atoms with Crippen molar-refractivity contribution in [2.75, 3.05) is 26.6 Å². The predicted molar refractivity (Wildman–Crippen MR) is 109 cm³/mol. The van der Waals surface area contributed by atoms with Gasteiger partial charge in [-0.05, 0) is 29.8 Å². The number of nitrogens with zero attached hydrogens (tertiary/aromatic N) is 2. The van der Waals surface area contributed by atoms with Crippen LogP contribution in [-0.4, -0.2) is 37.1 Å². The molecule has 1 amide bonds. The number of anilines is 2. The first-order valence-electron chi connectivity index (χ1n) is 8.85. The van der Waals surface area contributed by atoms with Gasteiger partial charge < -0.3 is 19.7 Å². The zero-order valence-corrected chi connectivity index (χ0v) is 16.2. The first-order chi connectivity index (χ1) is 13.6. The Labute approximate surface area is 164 Å². The van der Waals surface area contributed by atoms with E-state index >= 15 is 0 Å². The number of aromatic nitrogens is 1. The highest BCUT2D eigenvalue weighted by atomic mass is 16.5. The Kier molecular flexibility index (Phi) is 6.11. The number of amides is 1. The van der Waals surface area contributed by atoms with Gasteiger partial charge in [0.25, 0.3) is 5.91 Å². The molecule has 144 valence electrons. The summed E-state index contributed by atoms with van der Waals surface area (Å²) in [5.41, 5.74) is 2.96. The van der Waals surface area contributed by atoms with Crippen LogP contribution in [0, 0.1) is 0 Å². The van der Waals surface area contributed by atoms with Crippen LogP contribution in [0.2, 0.25) is 0 Å². The summed E-state index contributed by atoms with van der Waals surface area (Å²) in [6.45, 7) is 0.530. The Morgan fingerprint density at radius 2 is 1.82 bits per heavy atom. The normalized spacial score (nSPS) is 10.2. The molecular weight excluding hydrogens is 354 g/mol. The van der Waals surface area contributed by atoms with E-state index in [-0.39, 0.29) is 5.91 Å². The molecule has 2 aromatic carbocycles. The van der Waals surface area contributed by atoms with Gasteiger partial charge in [0.15, 0.2) is 0 Å². The summed E-state index contributed by atoms with van der Waals surface area (Å²) in [6, 6.07) is 18.9. The molecule has 0 spiro atoms. The van der Waals surface area contributed by atoms with Crippen molar-refractivity contribution in [3.8, 4) is 11.5 Å². The van der Waals surface area contributed by atoms with Crippen LogP contribution in [0.15, 0.2) is 66.9 Å². The summed E-state index contributed by atoms with van der Waals surface area (Å²) in [7, 11) is 4.99. The third kappa shape index (κ3) is 4.59. The first kappa shape index (κ1) is 19.2. The summed E-state index contributed by atoms with van der Waals surface area (Å²) in [5.74, 6) is 1.27. The molecule has 28 heavy (non-hydrogen) atoms. The lowest BCUT2D eigenvalue weighted by Gasteiger charge is -2.17. The Balaban J connectivity index is 1.70. The van der Waals surface area contributed by atoms with Crippen LogP contribution in [0.4, 0.5) is 11.4 Å². The number of pyridine rings is 1. The van der Waals surface area contributed by atoms with Gasteiger partial charge in [-0.2, -0.15) is 0 Å². The average molecular weight is 377 g/mol. The van der Waals surface area contributed by atoms with Crippen LogP contribution in [0.3, 0.4) is 0 Å². The van der Waals surface area contributed by atoms with Gasteiger partial charge in [-0.3, -0.25) is 4.79 Å². The molecule has 1 aromatic heterocycles. The number of rotatable bonds is 7. The van der Waals surface area contributed by atoms with Crippen LogP contribution in [0.1, 0.15) is 16.1 Å². The maximum absolute atomic E-state index is 12.6. The maximum Gasteiger partial charge on any atom is 0.272 e. The van der Waals surface area contributed by atoms with Crippen molar-refractivity contribution in [2.45, 2.75) is 6.54 Å².